The van der Waals surface area contributed by atoms with Crippen LogP contribution in [0, 0.1) is 27.7 Å². The van der Waals surface area contributed by atoms with Crippen molar-refractivity contribution in [2.75, 3.05) is 18.9 Å². The molecule has 1 aliphatic rings. The summed E-state index contributed by atoms with van der Waals surface area (Å²) in [4.78, 5) is 12.5. The molecular weight excluding hydrogens is 280 g/mol. The molecule has 116 valence electrons. The lowest BCUT2D eigenvalue weighted by Crippen LogP contribution is -2.48. The van der Waals surface area contributed by atoms with E-state index in [1.54, 1.807) is 0 Å². The summed E-state index contributed by atoms with van der Waals surface area (Å²) in [5.74, 6) is -2.10. The Bertz CT molecular complexity index is 553. The molecule has 3 unspecified atom stereocenters. The van der Waals surface area contributed by atoms with Crippen LogP contribution in [-0.4, -0.2) is 35.5 Å². The molecule has 0 radical (unpaired) electrons. The highest BCUT2D eigenvalue weighted by atomic mass is 19.2. The van der Waals surface area contributed by atoms with Crippen LogP contribution in [-0.2, 0) is 0 Å². The number of nitrogens with zero attached hydrogens (tertiary/aromatic N) is 2. The van der Waals surface area contributed by atoms with Gasteiger partial charge in [0.1, 0.15) is 0 Å². The number of anilines is 1. The highest BCUT2D eigenvalue weighted by Gasteiger charge is 2.32. The molecule has 1 aliphatic heterocycles. The Morgan fingerprint density at radius 3 is 2.67 bits per heavy atom. The molecule has 0 aromatic heterocycles. The summed E-state index contributed by atoms with van der Waals surface area (Å²) in [6.07, 6.45) is 0.713. The number of benzene rings is 1. The van der Waals surface area contributed by atoms with Gasteiger partial charge in [0.25, 0.3) is 5.69 Å². The molecule has 3 atom stereocenters. The number of halogens is 2. The van der Waals surface area contributed by atoms with E-state index in [0.29, 0.717) is 6.42 Å². The van der Waals surface area contributed by atoms with E-state index in [1.165, 1.54) is 0 Å². The molecule has 1 aromatic carbocycles. The van der Waals surface area contributed by atoms with Gasteiger partial charge in [0.2, 0.25) is 0 Å². The van der Waals surface area contributed by atoms with Crippen LogP contribution in [0.15, 0.2) is 12.1 Å². The van der Waals surface area contributed by atoms with Gasteiger partial charge in [-0.3, -0.25) is 10.1 Å². The first-order valence-electron chi connectivity index (χ1n) is 6.90. The largest absolute Gasteiger partial charge is 0.374 e. The van der Waals surface area contributed by atoms with Crippen molar-refractivity contribution in [1.29, 1.82) is 0 Å². The Morgan fingerprint density at radius 2 is 2.05 bits per heavy atom. The first-order chi connectivity index (χ1) is 9.81. The molecule has 1 saturated heterocycles. The van der Waals surface area contributed by atoms with Crippen molar-refractivity contribution in [1.82, 2.24) is 4.90 Å². The maximum absolute atomic E-state index is 13.9. The number of rotatable bonds is 3. The molecule has 21 heavy (non-hydrogen) atoms. The molecule has 0 bridgehead atoms. The highest BCUT2D eigenvalue weighted by Crippen LogP contribution is 2.32. The van der Waals surface area contributed by atoms with Crippen LogP contribution in [0.1, 0.15) is 20.3 Å². The Morgan fingerprint density at radius 1 is 1.38 bits per heavy atom. The second-order valence-corrected chi connectivity index (χ2v) is 5.77. The van der Waals surface area contributed by atoms with Crippen LogP contribution >= 0.6 is 0 Å². The van der Waals surface area contributed by atoms with E-state index in [2.05, 4.69) is 10.2 Å². The Balaban J connectivity index is 2.30. The normalized spacial score (nSPS) is 26.6. The van der Waals surface area contributed by atoms with Crippen molar-refractivity contribution in [3.05, 3.63) is 33.9 Å². The molecule has 0 amide bonds. The van der Waals surface area contributed by atoms with Crippen molar-refractivity contribution < 1.29 is 13.7 Å². The SMILES string of the molecule is CC1CN(C)C(C)CC1Nc1c([N+](=O)[O-])ccc(F)c1F. The molecule has 0 aliphatic carbocycles. The molecule has 2 rings (SSSR count). The van der Waals surface area contributed by atoms with E-state index in [1.807, 2.05) is 20.9 Å². The molecular formula is C14H19F2N3O2. The number of hydrogen-bond donors (Lipinski definition) is 1. The van der Waals surface area contributed by atoms with Crippen molar-refractivity contribution in [3.63, 3.8) is 0 Å². The Labute approximate surface area is 122 Å². The maximum Gasteiger partial charge on any atom is 0.295 e. The number of hydrogen-bond acceptors (Lipinski definition) is 4. The second-order valence-electron chi connectivity index (χ2n) is 5.77. The minimum atomic E-state index is -1.19. The highest BCUT2D eigenvalue weighted by molar-refractivity contribution is 5.63. The first-order valence-corrected chi connectivity index (χ1v) is 6.90. The van der Waals surface area contributed by atoms with E-state index >= 15 is 0 Å². The van der Waals surface area contributed by atoms with Crippen molar-refractivity contribution in [2.45, 2.75) is 32.4 Å². The van der Waals surface area contributed by atoms with Gasteiger partial charge in [-0.1, -0.05) is 6.92 Å². The van der Waals surface area contributed by atoms with Gasteiger partial charge in [0.05, 0.1) is 4.92 Å². The number of nitro benzene ring substituents is 1. The minimum Gasteiger partial charge on any atom is -0.374 e. The van der Waals surface area contributed by atoms with E-state index in [0.717, 1.165) is 18.7 Å². The van der Waals surface area contributed by atoms with E-state index in [4.69, 9.17) is 0 Å². The van der Waals surface area contributed by atoms with Crippen molar-refractivity contribution in [3.8, 4) is 0 Å². The summed E-state index contributed by atoms with van der Waals surface area (Å²) >= 11 is 0. The smallest absolute Gasteiger partial charge is 0.295 e. The predicted octanol–water partition coefficient (Wildman–Crippen LogP) is 3.01. The molecule has 5 nitrogen and oxygen atoms in total. The molecule has 1 aromatic rings. The van der Waals surface area contributed by atoms with Crippen LogP contribution in [0.4, 0.5) is 20.2 Å². The topological polar surface area (TPSA) is 58.4 Å². The van der Waals surface area contributed by atoms with Gasteiger partial charge >= 0.3 is 0 Å². The number of nitro groups is 1. The van der Waals surface area contributed by atoms with E-state index in [9.17, 15) is 18.9 Å². The third-order valence-electron chi connectivity index (χ3n) is 4.21. The van der Waals surface area contributed by atoms with Gasteiger partial charge in [0.15, 0.2) is 17.3 Å². The fourth-order valence-corrected chi connectivity index (χ4v) is 2.76. The van der Waals surface area contributed by atoms with Crippen molar-refractivity contribution in [2.24, 2.45) is 5.92 Å². The molecule has 0 saturated carbocycles. The summed E-state index contributed by atoms with van der Waals surface area (Å²) < 4.78 is 27.3. The zero-order valence-electron chi connectivity index (χ0n) is 12.3. The predicted molar refractivity (Wildman–Crippen MR) is 76.3 cm³/mol. The van der Waals surface area contributed by atoms with Gasteiger partial charge in [-0.05, 0) is 32.4 Å². The van der Waals surface area contributed by atoms with E-state index in [-0.39, 0.29) is 23.7 Å². The molecule has 1 fully saturated rings. The third kappa shape index (κ3) is 3.12. The van der Waals surface area contributed by atoms with Crippen LogP contribution < -0.4 is 5.32 Å². The Kier molecular flexibility index (Phi) is 4.41. The van der Waals surface area contributed by atoms with Crippen molar-refractivity contribution >= 4 is 11.4 Å². The van der Waals surface area contributed by atoms with Gasteiger partial charge in [-0.15, -0.1) is 0 Å². The Hall–Kier alpha value is -1.76. The number of piperidine rings is 1. The lowest BCUT2D eigenvalue weighted by Gasteiger charge is -2.40. The minimum absolute atomic E-state index is 0.133. The lowest BCUT2D eigenvalue weighted by atomic mass is 9.89. The molecule has 1 N–H and O–H groups in total. The molecule has 7 heteroatoms. The van der Waals surface area contributed by atoms with E-state index < -0.39 is 22.2 Å². The second kappa shape index (κ2) is 5.93. The zero-order valence-corrected chi connectivity index (χ0v) is 12.3. The van der Waals surface area contributed by atoms with Gasteiger partial charge < -0.3 is 10.2 Å². The van der Waals surface area contributed by atoms with Gasteiger partial charge in [0, 0.05) is 24.7 Å². The summed E-state index contributed by atoms with van der Waals surface area (Å²) in [5.41, 5.74) is -0.790. The zero-order chi connectivity index (χ0) is 15.7. The fourth-order valence-electron chi connectivity index (χ4n) is 2.76. The number of nitrogens with one attached hydrogen (secondary N) is 1. The average molecular weight is 299 g/mol. The monoisotopic (exact) mass is 299 g/mol. The third-order valence-corrected chi connectivity index (χ3v) is 4.21. The summed E-state index contributed by atoms with van der Waals surface area (Å²) in [6.45, 7) is 4.82. The first kappa shape index (κ1) is 15.6. The standard InChI is InChI=1S/C14H19F2N3O2/c1-8-7-18(3)9(2)6-11(8)17-14-12(19(20)21)5-4-10(15)13(14)16/h4-5,8-9,11,17H,6-7H2,1-3H3. The quantitative estimate of drug-likeness (QED) is 0.688. The maximum atomic E-state index is 13.9. The number of likely N-dealkylation sites (tertiary alicyclic amines) is 1. The fraction of sp³-hybridized carbons (Fsp3) is 0.571. The van der Waals surface area contributed by atoms with Crippen LogP contribution in [0.25, 0.3) is 0 Å². The molecule has 0 spiro atoms. The summed E-state index contributed by atoms with van der Waals surface area (Å²) in [7, 11) is 2.00. The van der Waals surface area contributed by atoms with Gasteiger partial charge in [-0.25, -0.2) is 8.78 Å². The summed E-state index contributed by atoms with van der Waals surface area (Å²) in [6, 6.07) is 1.91. The van der Waals surface area contributed by atoms with Crippen LogP contribution in [0.5, 0.6) is 0 Å². The van der Waals surface area contributed by atoms with Gasteiger partial charge in [-0.2, -0.15) is 0 Å². The lowest BCUT2D eigenvalue weighted by molar-refractivity contribution is -0.384. The van der Waals surface area contributed by atoms with Crippen LogP contribution in [0.3, 0.4) is 0 Å². The van der Waals surface area contributed by atoms with Crippen LogP contribution in [0.2, 0.25) is 0 Å². The average Bonchev–Trinajstić information content (AvgIpc) is 2.40. The summed E-state index contributed by atoms with van der Waals surface area (Å²) in [5, 5.41) is 13.9. The molecule has 1 heterocycles.